The zero-order chi connectivity index (χ0) is 11.4. The summed E-state index contributed by atoms with van der Waals surface area (Å²) in [6, 6.07) is 8.11. The van der Waals surface area contributed by atoms with Gasteiger partial charge in [-0.25, -0.2) is 4.99 Å². The van der Waals surface area contributed by atoms with E-state index in [2.05, 4.69) is 10.3 Å². The fraction of sp³-hybridized carbons (Fsp3) is 0.250. The second-order valence-electron chi connectivity index (χ2n) is 3.75. The van der Waals surface area contributed by atoms with Crippen LogP contribution in [0.3, 0.4) is 0 Å². The molecule has 1 aliphatic heterocycles. The molecule has 1 atom stereocenters. The van der Waals surface area contributed by atoms with Gasteiger partial charge in [0.1, 0.15) is 0 Å². The Kier molecular flexibility index (Phi) is 3.03. The van der Waals surface area contributed by atoms with Gasteiger partial charge in [-0.3, -0.25) is 5.73 Å². The van der Waals surface area contributed by atoms with Crippen molar-refractivity contribution in [2.24, 2.45) is 10.7 Å². The van der Waals surface area contributed by atoms with Crippen LogP contribution in [0.25, 0.3) is 0 Å². The van der Waals surface area contributed by atoms with Gasteiger partial charge in [-0.2, -0.15) is 0 Å². The molecule has 0 amide bonds. The molecular formula is C12H15N3O. The Hall–Kier alpha value is -1.65. The summed E-state index contributed by atoms with van der Waals surface area (Å²) in [7, 11) is 0. The lowest BCUT2D eigenvalue weighted by Gasteiger charge is -2.26. The molecule has 16 heavy (non-hydrogen) atoms. The standard InChI is InChI=1S/C12H15N3O/c1-10-3-5-11(6-4-10)9-16-12(13)14-7-2-8-15-12/h2-8,14H,9,13H2,1H3. The zero-order valence-electron chi connectivity index (χ0n) is 9.18. The topological polar surface area (TPSA) is 59.6 Å². The maximum Gasteiger partial charge on any atom is 0.297 e. The number of nitrogens with zero attached hydrogens (tertiary/aromatic N) is 1. The summed E-state index contributed by atoms with van der Waals surface area (Å²) in [5.41, 5.74) is 8.15. The number of ether oxygens (including phenoxy) is 1. The Morgan fingerprint density at radius 2 is 2.12 bits per heavy atom. The molecule has 4 nitrogen and oxygen atoms in total. The Bertz CT molecular complexity index is 411. The van der Waals surface area contributed by atoms with Crippen molar-refractivity contribution in [1.29, 1.82) is 0 Å². The second kappa shape index (κ2) is 4.47. The molecule has 0 radical (unpaired) electrons. The monoisotopic (exact) mass is 217 g/mol. The third-order valence-electron chi connectivity index (χ3n) is 2.32. The van der Waals surface area contributed by atoms with Crippen LogP contribution in [-0.2, 0) is 11.3 Å². The number of aryl methyl sites for hydroxylation is 1. The first kappa shape index (κ1) is 10.9. The van der Waals surface area contributed by atoms with Crippen molar-refractivity contribution >= 4 is 6.21 Å². The van der Waals surface area contributed by atoms with Crippen LogP contribution >= 0.6 is 0 Å². The van der Waals surface area contributed by atoms with E-state index in [4.69, 9.17) is 10.5 Å². The van der Waals surface area contributed by atoms with Gasteiger partial charge in [0.15, 0.2) is 0 Å². The van der Waals surface area contributed by atoms with Gasteiger partial charge in [0.25, 0.3) is 5.97 Å². The van der Waals surface area contributed by atoms with Gasteiger partial charge in [-0.1, -0.05) is 29.8 Å². The van der Waals surface area contributed by atoms with Crippen molar-refractivity contribution in [2.45, 2.75) is 19.5 Å². The quantitative estimate of drug-likeness (QED) is 0.749. The summed E-state index contributed by atoms with van der Waals surface area (Å²) in [5, 5.41) is 2.85. The van der Waals surface area contributed by atoms with Gasteiger partial charge in [0.2, 0.25) is 0 Å². The molecule has 3 N–H and O–H groups in total. The molecule has 0 saturated carbocycles. The van der Waals surface area contributed by atoms with Crippen molar-refractivity contribution in [3.05, 3.63) is 47.7 Å². The molecule has 84 valence electrons. The molecule has 1 heterocycles. The normalized spacial score (nSPS) is 23.1. The average Bonchev–Trinajstić information content (AvgIpc) is 2.29. The van der Waals surface area contributed by atoms with Crippen molar-refractivity contribution in [2.75, 3.05) is 0 Å². The van der Waals surface area contributed by atoms with Gasteiger partial charge in [0, 0.05) is 12.4 Å². The summed E-state index contributed by atoms with van der Waals surface area (Å²) >= 11 is 0. The molecule has 1 unspecified atom stereocenters. The Labute approximate surface area is 94.8 Å². The smallest absolute Gasteiger partial charge is 0.297 e. The number of nitrogens with one attached hydrogen (secondary N) is 1. The first-order chi connectivity index (χ1) is 7.68. The van der Waals surface area contributed by atoms with Gasteiger partial charge in [-0.05, 0) is 18.6 Å². The van der Waals surface area contributed by atoms with E-state index in [9.17, 15) is 0 Å². The Morgan fingerprint density at radius 1 is 1.38 bits per heavy atom. The van der Waals surface area contributed by atoms with Gasteiger partial charge in [0.05, 0.1) is 6.61 Å². The highest BCUT2D eigenvalue weighted by atomic mass is 16.5. The van der Waals surface area contributed by atoms with Crippen LogP contribution in [0, 0.1) is 6.92 Å². The van der Waals surface area contributed by atoms with Crippen LogP contribution in [0.5, 0.6) is 0 Å². The molecule has 0 saturated heterocycles. The van der Waals surface area contributed by atoms with Crippen molar-refractivity contribution in [1.82, 2.24) is 5.32 Å². The predicted octanol–water partition coefficient (Wildman–Crippen LogP) is 1.27. The minimum absolute atomic E-state index is 0.426. The van der Waals surface area contributed by atoms with Crippen LogP contribution in [0.15, 0.2) is 41.5 Å². The van der Waals surface area contributed by atoms with Crippen LogP contribution in [0.2, 0.25) is 0 Å². The van der Waals surface area contributed by atoms with E-state index in [1.54, 1.807) is 18.5 Å². The molecule has 2 rings (SSSR count). The number of aliphatic imine (C=N–C) groups is 1. The second-order valence-corrected chi connectivity index (χ2v) is 3.75. The zero-order valence-corrected chi connectivity index (χ0v) is 9.18. The lowest BCUT2D eigenvalue weighted by atomic mass is 10.2. The minimum Gasteiger partial charge on any atom is -0.332 e. The fourth-order valence-corrected chi connectivity index (χ4v) is 1.36. The number of rotatable bonds is 3. The summed E-state index contributed by atoms with van der Waals surface area (Å²) in [4.78, 5) is 4.03. The maximum absolute atomic E-state index is 5.85. The predicted molar refractivity (Wildman–Crippen MR) is 63.7 cm³/mol. The lowest BCUT2D eigenvalue weighted by molar-refractivity contribution is -0.0620. The van der Waals surface area contributed by atoms with E-state index in [0.29, 0.717) is 6.61 Å². The molecule has 4 heteroatoms. The molecule has 1 aromatic rings. The van der Waals surface area contributed by atoms with E-state index in [1.165, 1.54) is 5.56 Å². The van der Waals surface area contributed by atoms with E-state index in [1.807, 2.05) is 31.2 Å². The van der Waals surface area contributed by atoms with Gasteiger partial charge < -0.3 is 10.1 Å². The SMILES string of the molecule is Cc1ccc(COC2(N)N=CC=CN2)cc1. The maximum atomic E-state index is 5.85. The van der Waals surface area contributed by atoms with Gasteiger partial charge in [-0.15, -0.1) is 0 Å². The average molecular weight is 217 g/mol. The summed E-state index contributed by atoms with van der Waals surface area (Å²) in [6.07, 6.45) is 5.09. The highest BCUT2D eigenvalue weighted by Crippen LogP contribution is 2.10. The third kappa shape index (κ3) is 2.68. The number of hydrogen-bond acceptors (Lipinski definition) is 4. The van der Waals surface area contributed by atoms with Gasteiger partial charge >= 0.3 is 0 Å². The fourth-order valence-electron chi connectivity index (χ4n) is 1.36. The molecule has 1 aliphatic rings. The van der Waals surface area contributed by atoms with Crippen LogP contribution < -0.4 is 11.1 Å². The van der Waals surface area contributed by atoms with E-state index < -0.39 is 5.97 Å². The first-order valence-electron chi connectivity index (χ1n) is 5.14. The molecule has 0 fully saturated rings. The molecule has 0 aromatic heterocycles. The largest absolute Gasteiger partial charge is 0.332 e. The Morgan fingerprint density at radius 3 is 2.75 bits per heavy atom. The first-order valence-corrected chi connectivity index (χ1v) is 5.14. The lowest BCUT2D eigenvalue weighted by Crippen LogP contribution is -2.52. The van der Waals surface area contributed by atoms with Crippen molar-refractivity contribution in [3.63, 3.8) is 0 Å². The molecule has 0 spiro atoms. The third-order valence-corrected chi connectivity index (χ3v) is 2.32. The summed E-state index contributed by atoms with van der Waals surface area (Å²) < 4.78 is 5.51. The number of benzene rings is 1. The van der Waals surface area contributed by atoms with Crippen molar-refractivity contribution < 1.29 is 4.74 Å². The summed E-state index contributed by atoms with van der Waals surface area (Å²) in [5.74, 6) is -1.14. The summed E-state index contributed by atoms with van der Waals surface area (Å²) in [6.45, 7) is 2.47. The molecule has 0 bridgehead atoms. The molecular weight excluding hydrogens is 202 g/mol. The van der Waals surface area contributed by atoms with Crippen LogP contribution in [0.1, 0.15) is 11.1 Å². The minimum atomic E-state index is -1.14. The van der Waals surface area contributed by atoms with Crippen LogP contribution in [0.4, 0.5) is 0 Å². The van der Waals surface area contributed by atoms with E-state index in [0.717, 1.165) is 5.56 Å². The Balaban J connectivity index is 1.94. The van der Waals surface area contributed by atoms with E-state index >= 15 is 0 Å². The number of allylic oxidation sites excluding steroid dienone is 1. The number of hydrogen-bond donors (Lipinski definition) is 2. The van der Waals surface area contributed by atoms with Crippen LogP contribution in [-0.4, -0.2) is 12.2 Å². The van der Waals surface area contributed by atoms with E-state index in [-0.39, 0.29) is 0 Å². The van der Waals surface area contributed by atoms with Crippen molar-refractivity contribution in [3.8, 4) is 0 Å². The highest BCUT2D eigenvalue weighted by Gasteiger charge is 2.23. The number of nitrogens with two attached hydrogens (primary N) is 1. The molecule has 0 aliphatic carbocycles. The molecule has 1 aromatic carbocycles. The highest BCUT2D eigenvalue weighted by molar-refractivity contribution is 5.72.